The van der Waals surface area contributed by atoms with Crippen molar-refractivity contribution in [2.24, 2.45) is 0 Å². The lowest BCUT2D eigenvalue weighted by atomic mass is 9.94. The number of pyridine rings is 1. The van der Waals surface area contributed by atoms with E-state index >= 15 is 0 Å². The highest BCUT2D eigenvalue weighted by Crippen LogP contribution is 2.34. The summed E-state index contributed by atoms with van der Waals surface area (Å²) in [4.78, 5) is 26.5. The van der Waals surface area contributed by atoms with Gasteiger partial charge in [-0.1, -0.05) is 0 Å². The van der Waals surface area contributed by atoms with E-state index in [1.165, 1.54) is 17.9 Å². The molecule has 0 aliphatic carbocycles. The van der Waals surface area contributed by atoms with Crippen molar-refractivity contribution in [1.82, 2.24) is 19.9 Å². The second-order valence-corrected chi connectivity index (χ2v) is 8.12. The number of anilines is 3. The fraction of sp³-hybridized carbons (Fsp3) is 0.500. The first-order chi connectivity index (χ1) is 15.0. The minimum atomic E-state index is -2.87. The van der Waals surface area contributed by atoms with Crippen LogP contribution in [0.5, 0.6) is 0 Å². The Balaban J connectivity index is 1.69. The van der Waals surface area contributed by atoms with Crippen molar-refractivity contribution in [2.75, 3.05) is 36.4 Å². The molecule has 2 fully saturated rings. The Kier molecular flexibility index (Phi) is 5.63. The Bertz CT molecular complexity index is 1060. The number of halogens is 5. The van der Waals surface area contributed by atoms with Gasteiger partial charge in [-0.05, 0) is 19.8 Å². The number of hydrogen-bond donors (Lipinski definition) is 1. The molecule has 2 saturated heterocycles. The number of carbonyl (C=O) groups excluding carboxylic acids is 1. The summed E-state index contributed by atoms with van der Waals surface area (Å²) in [7, 11) is 0. The quantitative estimate of drug-likeness (QED) is 0.561. The smallest absolute Gasteiger partial charge is 0.282 e. The van der Waals surface area contributed by atoms with Gasteiger partial charge in [0.25, 0.3) is 11.9 Å². The van der Waals surface area contributed by atoms with Gasteiger partial charge in [0.1, 0.15) is 5.82 Å². The van der Waals surface area contributed by atoms with Gasteiger partial charge in [-0.2, -0.15) is 14.4 Å². The van der Waals surface area contributed by atoms with Crippen molar-refractivity contribution in [2.45, 2.75) is 38.5 Å². The van der Waals surface area contributed by atoms with E-state index in [0.29, 0.717) is 25.2 Å². The zero-order valence-corrected chi connectivity index (χ0v) is 17.4. The summed E-state index contributed by atoms with van der Waals surface area (Å²) in [5, 5.41) is 2.52. The molecular formula is C20H21F5N6O. The summed E-state index contributed by atoms with van der Waals surface area (Å²) in [5.41, 5.74) is -0.0837. The van der Waals surface area contributed by atoms with Gasteiger partial charge >= 0.3 is 0 Å². The average Bonchev–Trinajstić information content (AvgIpc) is 2.74. The second kappa shape index (κ2) is 8.14. The van der Waals surface area contributed by atoms with Gasteiger partial charge in [0.05, 0.1) is 18.8 Å². The van der Waals surface area contributed by atoms with Gasteiger partial charge in [0.15, 0.2) is 17.5 Å². The number of hydrogen-bond acceptors (Lipinski definition) is 6. The molecule has 1 amide bonds. The summed E-state index contributed by atoms with van der Waals surface area (Å²) >= 11 is 0. The summed E-state index contributed by atoms with van der Waals surface area (Å²) in [6.45, 7) is 2.38. The summed E-state index contributed by atoms with van der Waals surface area (Å²) in [6, 6.07) is 1.48. The van der Waals surface area contributed by atoms with Gasteiger partial charge in [-0.15, -0.1) is 0 Å². The molecule has 0 radical (unpaired) electrons. The average molecular weight is 456 g/mol. The van der Waals surface area contributed by atoms with Gasteiger partial charge in [-0.25, -0.2) is 22.5 Å². The van der Waals surface area contributed by atoms with Crippen LogP contribution < -0.4 is 10.2 Å². The highest BCUT2D eigenvalue weighted by atomic mass is 19.3. The molecule has 0 bridgehead atoms. The first-order valence-electron chi connectivity index (χ1n) is 10.1. The van der Waals surface area contributed by atoms with Crippen LogP contribution in [-0.4, -0.2) is 57.9 Å². The molecule has 2 aromatic rings. The summed E-state index contributed by atoms with van der Waals surface area (Å²) in [5.74, 6) is -7.71. The highest BCUT2D eigenvalue weighted by Gasteiger charge is 2.45. The van der Waals surface area contributed by atoms with Crippen LogP contribution in [0.1, 0.15) is 36.9 Å². The Morgan fingerprint density at radius 2 is 1.88 bits per heavy atom. The molecule has 2 aliphatic heterocycles. The van der Waals surface area contributed by atoms with E-state index in [4.69, 9.17) is 0 Å². The van der Waals surface area contributed by atoms with Crippen molar-refractivity contribution in [3.05, 3.63) is 34.9 Å². The number of carbonyl (C=O) groups is 1. The van der Waals surface area contributed by atoms with Crippen LogP contribution in [0.2, 0.25) is 0 Å². The van der Waals surface area contributed by atoms with Crippen LogP contribution in [0, 0.1) is 24.5 Å². The Labute approximate surface area is 180 Å². The molecule has 2 aromatic heterocycles. The maximum absolute atomic E-state index is 14.4. The molecular weight excluding hydrogens is 435 g/mol. The number of aromatic nitrogens is 3. The summed E-state index contributed by atoms with van der Waals surface area (Å²) in [6.07, 6.45) is 1.43. The number of piperidine rings is 1. The largest absolute Gasteiger partial charge is 0.342 e. The number of amides is 1. The lowest BCUT2D eigenvalue weighted by Gasteiger charge is -2.39. The minimum Gasteiger partial charge on any atom is -0.342 e. The van der Waals surface area contributed by atoms with Crippen molar-refractivity contribution in [3.8, 4) is 0 Å². The van der Waals surface area contributed by atoms with Gasteiger partial charge in [-0.3, -0.25) is 4.79 Å². The molecule has 12 heteroatoms. The predicted octanol–water partition coefficient (Wildman–Crippen LogP) is 3.52. The van der Waals surface area contributed by atoms with E-state index < -0.39 is 48.0 Å². The minimum absolute atomic E-state index is 0.00280. The molecule has 172 valence electrons. The highest BCUT2D eigenvalue weighted by molar-refractivity contribution is 5.73. The van der Waals surface area contributed by atoms with Gasteiger partial charge in [0.2, 0.25) is 11.9 Å². The Hall–Kier alpha value is -3.05. The maximum atomic E-state index is 14.4. The standard InChI is InChI=1S/C20H21F5N6O/c1-10-15(21)17(23)29-18(16(10)22)27-14-6-13(12-4-3-5-30(7-12)11(2)32)26-19(28-14)31-8-20(24,25)9-31/h6,12H,3-5,7-9H2,1-2H3,(H,26,27,28,29). The van der Waals surface area contributed by atoms with Crippen molar-refractivity contribution >= 4 is 23.5 Å². The second-order valence-electron chi connectivity index (χ2n) is 8.12. The number of rotatable bonds is 4. The maximum Gasteiger partial charge on any atom is 0.282 e. The third-order valence-corrected chi connectivity index (χ3v) is 5.65. The zero-order valence-electron chi connectivity index (χ0n) is 17.4. The lowest BCUT2D eigenvalue weighted by molar-refractivity contribution is -0.130. The third kappa shape index (κ3) is 4.30. The number of alkyl halides is 2. The SMILES string of the molecule is CC(=O)N1CCCC(c2cc(Nc3nc(F)c(F)c(C)c3F)nc(N3CC(F)(F)C3)n2)C1. The van der Waals surface area contributed by atoms with Gasteiger partial charge in [0, 0.05) is 37.6 Å². The van der Waals surface area contributed by atoms with E-state index in [1.54, 1.807) is 4.90 Å². The number of likely N-dealkylation sites (tertiary alicyclic amines) is 1. The predicted molar refractivity (Wildman–Crippen MR) is 106 cm³/mol. The van der Waals surface area contributed by atoms with E-state index in [0.717, 1.165) is 13.3 Å². The summed E-state index contributed by atoms with van der Waals surface area (Å²) < 4.78 is 68.5. The monoisotopic (exact) mass is 456 g/mol. The zero-order chi connectivity index (χ0) is 23.2. The van der Waals surface area contributed by atoms with E-state index in [-0.39, 0.29) is 23.6 Å². The van der Waals surface area contributed by atoms with Crippen molar-refractivity contribution in [1.29, 1.82) is 0 Å². The molecule has 0 spiro atoms. The number of nitrogens with zero attached hydrogens (tertiary/aromatic N) is 5. The molecule has 2 aliphatic rings. The molecule has 1 unspecified atom stereocenters. The van der Waals surface area contributed by atoms with Crippen molar-refractivity contribution < 1.29 is 26.7 Å². The lowest BCUT2D eigenvalue weighted by Crippen LogP contribution is -2.57. The van der Waals surface area contributed by atoms with Crippen LogP contribution in [0.3, 0.4) is 0 Å². The van der Waals surface area contributed by atoms with Crippen LogP contribution >= 0.6 is 0 Å². The van der Waals surface area contributed by atoms with Gasteiger partial charge < -0.3 is 15.1 Å². The Morgan fingerprint density at radius 1 is 1.16 bits per heavy atom. The van der Waals surface area contributed by atoms with Crippen LogP contribution in [-0.2, 0) is 4.79 Å². The van der Waals surface area contributed by atoms with E-state index in [1.807, 2.05) is 0 Å². The van der Waals surface area contributed by atoms with Crippen LogP contribution in [0.25, 0.3) is 0 Å². The fourth-order valence-corrected chi connectivity index (χ4v) is 3.85. The molecule has 32 heavy (non-hydrogen) atoms. The molecule has 1 atom stereocenters. The fourth-order valence-electron chi connectivity index (χ4n) is 3.85. The first kappa shape index (κ1) is 22.2. The molecule has 0 saturated carbocycles. The molecule has 4 rings (SSSR count). The third-order valence-electron chi connectivity index (χ3n) is 5.65. The number of nitrogens with one attached hydrogen (secondary N) is 1. The molecule has 0 aromatic carbocycles. The molecule has 4 heterocycles. The van der Waals surface area contributed by atoms with Crippen molar-refractivity contribution in [3.63, 3.8) is 0 Å². The Morgan fingerprint density at radius 3 is 2.53 bits per heavy atom. The van der Waals surface area contributed by atoms with E-state index in [9.17, 15) is 26.7 Å². The normalized spacial score (nSPS) is 20.2. The topological polar surface area (TPSA) is 74.2 Å². The first-order valence-corrected chi connectivity index (χ1v) is 10.1. The van der Waals surface area contributed by atoms with Crippen LogP contribution in [0.4, 0.5) is 39.5 Å². The van der Waals surface area contributed by atoms with Crippen LogP contribution in [0.15, 0.2) is 6.07 Å². The molecule has 1 N–H and O–H groups in total. The molecule has 7 nitrogen and oxygen atoms in total. The van der Waals surface area contributed by atoms with E-state index in [2.05, 4.69) is 20.3 Å².